The molecule has 0 saturated carbocycles. The number of hydrogen-bond acceptors (Lipinski definition) is 1. The third-order valence-corrected chi connectivity index (χ3v) is 4.35. The zero-order valence-corrected chi connectivity index (χ0v) is 13.2. The molecular formula is C18H16BrNO. The van der Waals surface area contributed by atoms with Crippen LogP contribution >= 0.6 is 15.9 Å². The van der Waals surface area contributed by atoms with Gasteiger partial charge < -0.3 is 4.57 Å². The van der Waals surface area contributed by atoms with Crippen LogP contribution in [0, 0.1) is 0 Å². The molecule has 0 radical (unpaired) electrons. The van der Waals surface area contributed by atoms with Gasteiger partial charge in [0.05, 0.1) is 0 Å². The van der Waals surface area contributed by atoms with Crippen LogP contribution in [0.2, 0.25) is 0 Å². The fourth-order valence-corrected chi connectivity index (χ4v) is 3.05. The molecule has 3 aromatic rings. The van der Waals surface area contributed by atoms with Crippen molar-refractivity contribution in [3.63, 3.8) is 0 Å². The van der Waals surface area contributed by atoms with Crippen LogP contribution in [-0.4, -0.2) is 10.4 Å². The zero-order chi connectivity index (χ0) is 14.7. The Labute approximate surface area is 132 Å². The first-order valence-electron chi connectivity index (χ1n) is 7.07. The molecule has 0 amide bonds. The summed E-state index contributed by atoms with van der Waals surface area (Å²) < 4.78 is 3.32. The lowest BCUT2D eigenvalue weighted by Gasteiger charge is -2.06. The van der Waals surface area contributed by atoms with Crippen LogP contribution in [0.15, 0.2) is 65.3 Å². The number of nitrogens with zero attached hydrogens (tertiary/aromatic N) is 1. The molecule has 2 nitrogen and oxygen atoms in total. The molecule has 3 rings (SSSR count). The van der Waals surface area contributed by atoms with E-state index in [1.807, 2.05) is 42.5 Å². The molecular weight excluding hydrogens is 326 g/mol. The molecule has 0 saturated heterocycles. The van der Waals surface area contributed by atoms with Crippen molar-refractivity contribution < 1.29 is 4.79 Å². The van der Waals surface area contributed by atoms with E-state index in [0.29, 0.717) is 6.42 Å². The summed E-state index contributed by atoms with van der Waals surface area (Å²) in [6.45, 7) is 0.860. The summed E-state index contributed by atoms with van der Waals surface area (Å²) in [6.07, 6.45) is 3.52. The summed E-state index contributed by atoms with van der Waals surface area (Å²) in [7, 11) is 0. The van der Waals surface area contributed by atoms with Gasteiger partial charge in [-0.3, -0.25) is 4.79 Å². The van der Waals surface area contributed by atoms with E-state index in [4.69, 9.17) is 0 Å². The van der Waals surface area contributed by atoms with Gasteiger partial charge in [-0.1, -0.05) is 52.3 Å². The standard InChI is InChI=1S/C18H16BrNO/c19-16-8-4-9-17-15(16)11-13-20(17)12-5-10-18(21)14-6-2-1-3-7-14/h1-4,6-9,11,13H,5,10,12H2. The van der Waals surface area contributed by atoms with E-state index in [2.05, 4.69) is 38.8 Å². The molecule has 0 fully saturated rings. The molecule has 21 heavy (non-hydrogen) atoms. The molecule has 0 N–H and O–H groups in total. The first kappa shape index (κ1) is 14.1. The van der Waals surface area contributed by atoms with Crippen molar-refractivity contribution in [3.8, 4) is 0 Å². The molecule has 0 bridgehead atoms. The predicted molar refractivity (Wildman–Crippen MR) is 89.6 cm³/mol. The van der Waals surface area contributed by atoms with Gasteiger partial charge in [-0.25, -0.2) is 0 Å². The van der Waals surface area contributed by atoms with Crippen LogP contribution in [0.3, 0.4) is 0 Å². The van der Waals surface area contributed by atoms with Crippen molar-refractivity contribution in [3.05, 3.63) is 70.8 Å². The van der Waals surface area contributed by atoms with Crippen molar-refractivity contribution in [1.82, 2.24) is 4.57 Å². The Kier molecular flexibility index (Phi) is 4.20. The van der Waals surface area contributed by atoms with E-state index in [0.717, 1.165) is 23.0 Å². The van der Waals surface area contributed by atoms with Gasteiger partial charge in [-0.2, -0.15) is 0 Å². The third kappa shape index (κ3) is 3.08. The van der Waals surface area contributed by atoms with Gasteiger partial charge in [0.15, 0.2) is 5.78 Å². The largest absolute Gasteiger partial charge is 0.347 e. The summed E-state index contributed by atoms with van der Waals surface area (Å²) in [5.41, 5.74) is 2.01. The minimum absolute atomic E-state index is 0.216. The zero-order valence-electron chi connectivity index (χ0n) is 11.6. The molecule has 1 aromatic heterocycles. The van der Waals surface area contributed by atoms with Gasteiger partial charge in [0.2, 0.25) is 0 Å². The van der Waals surface area contributed by atoms with Gasteiger partial charge in [-0.15, -0.1) is 0 Å². The van der Waals surface area contributed by atoms with Crippen molar-refractivity contribution in [2.75, 3.05) is 0 Å². The smallest absolute Gasteiger partial charge is 0.162 e. The number of carbonyl (C=O) groups is 1. The van der Waals surface area contributed by atoms with E-state index < -0.39 is 0 Å². The molecule has 0 atom stereocenters. The highest BCUT2D eigenvalue weighted by atomic mass is 79.9. The first-order chi connectivity index (χ1) is 10.3. The second kappa shape index (κ2) is 6.27. The maximum atomic E-state index is 12.1. The van der Waals surface area contributed by atoms with Crippen molar-refractivity contribution in [1.29, 1.82) is 0 Å². The Balaban J connectivity index is 1.65. The lowest BCUT2D eigenvalue weighted by molar-refractivity contribution is 0.0978. The Bertz CT molecular complexity index is 761. The van der Waals surface area contributed by atoms with Gasteiger partial charge in [0.25, 0.3) is 0 Å². The average Bonchev–Trinajstić information content (AvgIpc) is 2.93. The normalized spacial score (nSPS) is 10.9. The molecule has 3 heteroatoms. The van der Waals surface area contributed by atoms with Gasteiger partial charge in [0, 0.05) is 40.1 Å². The molecule has 0 aliphatic heterocycles. The van der Waals surface area contributed by atoms with Crippen molar-refractivity contribution in [2.24, 2.45) is 0 Å². The Hall–Kier alpha value is -1.87. The number of ketones is 1. The van der Waals surface area contributed by atoms with Gasteiger partial charge in [0.1, 0.15) is 0 Å². The number of Topliss-reactive ketones (excluding diaryl/α,β-unsaturated/α-hetero) is 1. The monoisotopic (exact) mass is 341 g/mol. The number of halogens is 1. The molecule has 1 heterocycles. The topological polar surface area (TPSA) is 22.0 Å². The van der Waals surface area contributed by atoms with Crippen molar-refractivity contribution >= 4 is 32.6 Å². The maximum absolute atomic E-state index is 12.1. The fourth-order valence-electron chi connectivity index (χ4n) is 2.56. The average molecular weight is 342 g/mol. The summed E-state index contributed by atoms with van der Waals surface area (Å²) in [6, 6.07) is 17.8. The SMILES string of the molecule is O=C(CCCn1ccc2c(Br)cccc21)c1ccccc1. The fraction of sp³-hybridized carbons (Fsp3) is 0.167. The molecule has 0 aliphatic carbocycles. The minimum atomic E-state index is 0.216. The second-order valence-electron chi connectivity index (χ2n) is 5.07. The Morgan fingerprint density at radius 2 is 1.81 bits per heavy atom. The number of fused-ring (bicyclic) bond motifs is 1. The maximum Gasteiger partial charge on any atom is 0.162 e. The van der Waals surface area contributed by atoms with Crippen LogP contribution in [-0.2, 0) is 6.54 Å². The molecule has 2 aromatic carbocycles. The Morgan fingerprint density at radius 3 is 2.62 bits per heavy atom. The van der Waals surface area contributed by atoms with E-state index in [9.17, 15) is 4.79 Å². The summed E-state index contributed by atoms with van der Waals surface area (Å²) >= 11 is 3.56. The molecule has 0 unspecified atom stereocenters. The third-order valence-electron chi connectivity index (χ3n) is 3.66. The highest BCUT2D eigenvalue weighted by Crippen LogP contribution is 2.25. The molecule has 0 aliphatic rings. The lowest BCUT2D eigenvalue weighted by atomic mass is 10.1. The number of carbonyl (C=O) groups excluding carboxylic acids is 1. The quantitative estimate of drug-likeness (QED) is 0.594. The highest BCUT2D eigenvalue weighted by molar-refractivity contribution is 9.10. The highest BCUT2D eigenvalue weighted by Gasteiger charge is 2.07. The van der Waals surface area contributed by atoms with Crippen LogP contribution < -0.4 is 0 Å². The molecule has 106 valence electrons. The van der Waals surface area contributed by atoms with E-state index >= 15 is 0 Å². The minimum Gasteiger partial charge on any atom is -0.347 e. The summed E-state index contributed by atoms with van der Waals surface area (Å²) in [5.74, 6) is 0.216. The predicted octanol–water partition coefficient (Wildman–Crippen LogP) is 5.07. The van der Waals surface area contributed by atoms with Crippen LogP contribution in [0.1, 0.15) is 23.2 Å². The number of hydrogen-bond donors (Lipinski definition) is 0. The first-order valence-corrected chi connectivity index (χ1v) is 7.86. The van der Waals surface area contributed by atoms with Crippen LogP contribution in [0.5, 0.6) is 0 Å². The summed E-state index contributed by atoms with van der Waals surface area (Å²) in [5, 5.41) is 1.21. The number of aryl methyl sites for hydroxylation is 1. The number of benzene rings is 2. The van der Waals surface area contributed by atoms with Crippen LogP contribution in [0.4, 0.5) is 0 Å². The van der Waals surface area contributed by atoms with E-state index in [1.165, 1.54) is 10.9 Å². The Morgan fingerprint density at radius 1 is 1.00 bits per heavy atom. The van der Waals surface area contributed by atoms with E-state index in [-0.39, 0.29) is 5.78 Å². The summed E-state index contributed by atoms with van der Waals surface area (Å²) in [4.78, 5) is 12.1. The lowest BCUT2D eigenvalue weighted by Crippen LogP contribution is -2.02. The van der Waals surface area contributed by atoms with Gasteiger partial charge in [-0.05, 0) is 24.6 Å². The van der Waals surface area contributed by atoms with Crippen LogP contribution in [0.25, 0.3) is 10.9 Å². The molecule has 0 spiro atoms. The second-order valence-corrected chi connectivity index (χ2v) is 5.93. The number of rotatable bonds is 5. The number of aromatic nitrogens is 1. The van der Waals surface area contributed by atoms with Crippen molar-refractivity contribution in [2.45, 2.75) is 19.4 Å². The van der Waals surface area contributed by atoms with E-state index in [1.54, 1.807) is 0 Å². The van der Waals surface area contributed by atoms with Gasteiger partial charge >= 0.3 is 0 Å².